The largest absolute Gasteiger partial charge is 0.299 e. The molecule has 0 spiro atoms. The number of hydrogen-bond acceptors (Lipinski definition) is 2. The van der Waals surface area contributed by atoms with E-state index in [1.807, 2.05) is 20.8 Å². The highest BCUT2D eigenvalue weighted by molar-refractivity contribution is 6.08. The number of Topliss-reactive ketones (excluding diaryl/α,β-unsaturated/α-hetero) is 2. The van der Waals surface area contributed by atoms with Crippen molar-refractivity contribution in [3.8, 4) is 0 Å². The molecule has 0 bridgehead atoms. The Kier molecular flexibility index (Phi) is 4.05. The molecule has 0 atom stereocenters. The molecule has 0 radical (unpaired) electrons. The highest BCUT2D eigenvalue weighted by Crippen LogP contribution is 2.17. The smallest absolute Gasteiger partial charge is 0.165 e. The predicted molar refractivity (Wildman–Crippen MR) is 53.5 cm³/mol. The third-order valence-electron chi connectivity index (χ3n) is 2.03. The summed E-state index contributed by atoms with van der Waals surface area (Å²) in [6, 6.07) is 0. The zero-order valence-electron chi connectivity index (χ0n) is 9.10. The van der Waals surface area contributed by atoms with E-state index in [1.54, 1.807) is 19.9 Å². The van der Waals surface area contributed by atoms with Crippen LogP contribution in [0.4, 0.5) is 0 Å². The van der Waals surface area contributed by atoms with Crippen LogP contribution < -0.4 is 0 Å². The van der Waals surface area contributed by atoms with Crippen molar-refractivity contribution in [1.82, 2.24) is 0 Å². The maximum absolute atomic E-state index is 11.4. The van der Waals surface area contributed by atoms with E-state index in [4.69, 9.17) is 0 Å². The summed E-state index contributed by atoms with van der Waals surface area (Å²) in [4.78, 5) is 22.8. The third-order valence-corrected chi connectivity index (χ3v) is 2.03. The summed E-state index contributed by atoms with van der Waals surface area (Å²) in [5, 5.41) is 0. The molecule has 0 heterocycles. The summed E-state index contributed by atoms with van der Waals surface area (Å²) in [5.74, 6) is -0.0684. The van der Waals surface area contributed by atoms with Crippen LogP contribution in [0.3, 0.4) is 0 Å². The SMILES string of the molecule is C/C=C(\C)C(=O)CC(=O)C(C)(C)C. The normalized spacial score (nSPS) is 12.8. The van der Waals surface area contributed by atoms with Gasteiger partial charge < -0.3 is 0 Å². The summed E-state index contributed by atoms with van der Waals surface area (Å²) < 4.78 is 0. The molecular weight excluding hydrogens is 164 g/mol. The fraction of sp³-hybridized carbons (Fsp3) is 0.636. The fourth-order valence-electron chi connectivity index (χ4n) is 0.711. The maximum Gasteiger partial charge on any atom is 0.165 e. The van der Waals surface area contributed by atoms with Gasteiger partial charge in [0.1, 0.15) is 5.78 Å². The van der Waals surface area contributed by atoms with E-state index in [0.29, 0.717) is 5.57 Å². The van der Waals surface area contributed by atoms with Gasteiger partial charge in [-0.05, 0) is 19.4 Å². The Morgan fingerprint density at radius 2 is 1.69 bits per heavy atom. The Morgan fingerprint density at radius 3 is 2.00 bits per heavy atom. The average Bonchev–Trinajstić information content (AvgIpc) is 2.01. The number of rotatable bonds is 3. The molecule has 0 N–H and O–H groups in total. The van der Waals surface area contributed by atoms with Crippen LogP contribution in [0.1, 0.15) is 41.0 Å². The molecule has 0 fully saturated rings. The second kappa shape index (κ2) is 4.35. The van der Waals surface area contributed by atoms with Crippen LogP contribution >= 0.6 is 0 Å². The minimum absolute atomic E-state index is 0.00120. The molecule has 0 aliphatic carbocycles. The van der Waals surface area contributed by atoms with Gasteiger partial charge in [0.2, 0.25) is 0 Å². The second-order valence-corrected chi connectivity index (χ2v) is 4.24. The van der Waals surface area contributed by atoms with Crippen molar-refractivity contribution in [3.63, 3.8) is 0 Å². The van der Waals surface area contributed by atoms with Gasteiger partial charge in [0, 0.05) is 5.41 Å². The van der Waals surface area contributed by atoms with Gasteiger partial charge in [0.15, 0.2) is 5.78 Å². The van der Waals surface area contributed by atoms with Gasteiger partial charge in [-0.25, -0.2) is 0 Å². The van der Waals surface area contributed by atoms with Crippen LogP contribution in [0.5, 0.6) is 0 Å². The second-order valence-electron chi connectivity index (χ2n) is 4.24. The summed E-state index contributed by atoms with van der Waals surface area (Å²) in [7, 11) is 0. The van der Waals surface area contributed by atoms with Crippen LogP contribution in [0, 0.1) is 5.41 Å². The molecule has 0 rings (SSSR count). The molecule has 0 aromatic rings. The number of carbonyl (C=O) groups is 2. The molecule has 0 amide bonds. The third kappa shape index (κ3) is 4.02. The molecule has 0 saturated carbocycles. The fourth-order valence-corrected chi connectivity index (χ4v) is 0.711. The molecule has 0 aromatic carbocycles. The van der Waals surface area contributed by atoms with E-state index in [1.165, 1.54) is 0 Å². The predicted octanol–water partition coefficient (Wildman–Crippen LogP) is 2.53. The number of hydrogen-bond donors (Lipinski definition) is 0. The summed E-state index contributed by atoms with van der Waals surface area (Å²) in [6.45, 7) is 9.02. The summed E-state index contributed by atoms with van der Waals surface area (Å²) >= 11 is 0. The van der Waals surface area contributed by atoms with Crippen molar-refractivity contribution < 1.29 is 9.59 Å². The maximum atomic E-state index is 11.4. The van der Waals surface area contributed by atoms with E-state index in [-0.39, 0.29) is 18.0 Å². The van der Waals surface area contributed by atoms with E-state index >= 15 is 0 Å². The lowest BCUT2D eigenvalue weighted by Crippen LogP contribution is -2.23. The quantitative estimate of drug-likeness (QED) is 0.496. The molecular formula is C11H18O2. The molecule has 0 saturated heterocycles. The monoisotopic (exact) mass is 182 g/mol. The van der Waals surface area contributed by atoms with Crippen LogP contribution in [0.2, 0.25) is 0 Å². The van der Waals surface area contributed by atoms with Gasteiger partial charge in [0.05, 0.1) is 6.42 Å². The molecule has 74 valence electrons. The van der Waals surface area contributed by atoms with E-state index in [2.05, 4.69) is 0 Å². The lowest BCUT2D eigenvalue weighted by atomic mass is 9.87. The first-order chi connectivity index (χ1) is 5.79. The average molecular weight is 182 g/mol. The Labute approximate surface area is 80.0 Å². The van der Waals surface area contributed by atoms with Gasteiger partial charge in [0.25, 0.3) is 0 Å². The first-order valence-electron chi connectivity index (χ1n) is 4.48. The highest BCUT2D eigenvalue weighted by Gasteiger charge is 2.23. The zero-order valence-corrected chi connectivity index (χ0v) is 9.10. The van der Waals surface area contributed by atoms with Crippen molar-refractivity contribution in [1.29, 1.82) is 0 Å². The van der Waals surface area contributed by atoms with Crippen LogP contribution in [0.25, 0.3) is 0 Å². The molecule has 2 heteroatoms. The van der Waals surface area contributed by atoms with Crippen molar-refractivity contribution in [2.45, 2.75) is 41.0 Å². The van der Waals surface area contributed by atoms with Crippen molar-refractivity contribution in [3.05, 3.63) is 11.6 Å². The van der Waals surface area contributed by atoms with Crippen molar-refractivity contribution in [2.75, 3.05) is 0 Å². The zero-order chi connectivity index (χ0) is 10.6. The van der Waals surface area contributed by atoms with E-state index in [0.717, 1.165) is 0 Å². The van der Waals surface area contributed by atoms with Gasteiger partial charge in [-0.15, -0.1) is 0 Å². The summed E-state index contributed by atoms with van der Waals surface area (Å²) in [5.41, 5.74) is 0.251. The van der Waals surface area contributed by atoms with Crippen LogP contribution in [0.15, 0.2) is 11.6 Å². The molecule has 0 aliphatic rings. The Morgan fingerprint density at radius 1 is 1.23 bits per heavy atom. The molecule has 13 heavy (non-hydrogen) atoms. The Balaban J connectivity index is 4.33. The number of allylic oxidation sites excluding steroid dienone is 2. The molecule has 0 aromatic heterocycles. The Bertz CT molecular complexity index is 241. The lowest BCUT2D eigenvalue weighted by molar-refractivity contribution is -0.130. The van der Waals surface area contributed by atoms with Crippen LogP contribution in [-0.2, 0) is 9.59 Å². The van der Waals surface area contributed by atoms with Gasteiger partial charge in [-0.1, -0.05) is 26.8 Å². The van der Waals surface area contributed by atoms with Crippen molar-refractivity contribution in [2.24, 2.45) is 5.41 Å². The molecule has 0 aliphatic heterocycles. The van der Waals surface area contributed by atoms with Gasteiger partial charge in [-0.2, -0.15) is 0 Å². The van der Waals surface area contributed by atoms with E-state index < -0.39 is 5.41 Å². The van der Waals surface area contributed by atoms with E-state index in [9.17, 15) is 9.59 Å². The molecule has 2 nitrogen and oxygen atoms in total. The van der Waals surface area contributed by atoms with Gasteiger partial charge >= 0.3 is 0 Å². The standard InChI is InChI=1S/C11H18O2/c1-6-8(2)9(12)7-10(13)11(3,4)5/h6H,7H2,1-5H3/b8-6+. The topological polar surface area (TPSA) is 34.1 Å². The highest BCUT2D eigenvalue weighted by atomic mass is 16.1. The molecule has 0 unspecified atom stereocenters. The minimum Gasteiger partial charge on any atom is -0.299 e. The lowest BCUT2D eigenvalue weighted by Gasteiger charge is -2.15. The van der Waals surface area contributed by atoms with Crippen LogP contribution in [-0.4, -0.2) is 11.6 Å². The van der Waals surface area contributed by atoms with Gasteiger partial charge in [-0.3, -0.25) is 9.59 Å². The Hall–Kier alpha value is -0.920. The number of ketones is 2. The number of carbonyl (C=O) groups excluding carboxylic acids is 2. The first kappa shape index (κ1) is 12.1. The summed E-state index contributed by atoms with van der Waals surface area (Å²) in [6.07, 6.45) is 1.76. The minimum atomic E-state index is -0.413. The first-order valence-corrected chi connectivity index (χ1v) is 4.48. The van der Waals surface area contributed by atoms with Crippen molar-refractivity contribution >= 4 is 11.6 Å².